The molecule has 1 amide bonds. The van der Waals surface area contributed by atoms with Gasteiger partial charge in [0.2, 0.25) is 0 Å². The highest BCUT2D eigenvalue weighted by atomic mass is 32.1. The number of ether oxygens (including phenoxy) is 2. The first-order chi connectivity index (χ1) is 13.2. The number of carbonyl (C=O) groups is 1. The Kier molecular flexibility index (Phi) is 6.57. The number of methoxy groups -OCH3 is 1. The number of hydrogen-bond donors (Lipinski definition) is 0. The minimum atomic E-state index is -0.289. The second kappa shape index (κ2) is 9.30. The lowest BCUT2D eigenvalue weighted by atomic mass is 10.2. The number of carbonyl (C=O) groups excluding carboxylic acids is 1. The minimum absolute atomic E-state index is 0.289. The molecule has 0 atom stereocenters. The van der Waals surface area contributed by atoms with Crippen LogP contribution >= 0.6 is 11.3 Å². The van der Waals surface area contributed by atoms with E-state index in [-0.39, 0.29) is 5.91 Å². The van der Waals surface area contributed by atoms with Gasteiger partial charge in [0.15, 0.2) is 4.80 Å². The summed E-state index contributed by atoms with van der Waals surface area (Å²) < 4.78 is 13.8. The Bertz CT molecular complexity index is 1000. The molecule has 0 unspecified atom stereocenters. The summed E-state index contributed by atoms with van der Waals surface area (Å²) in [6.45, 7) is 3.82. The molecule has 0 aliphatic carbocycles. The number of hydrogen-bond acceptors (Lipinski definition) is 4. The molecule has 6 heteroatoms. The van der Waals surface area contributed by atoms with Crippen LogP contribution in [0.25, 0.3) is 16.3 Å². The Balaban J connectivity index is 1.95. The lowest BCUT2D eigenvalue weighted by Gasteiger charge is -2.05. The second-order valence-electron chi connectivity index (χ2n) is 5.76. The third-order valence-corrected chi connectivity index (χ3v) is 5.02. The molecule has 0 saturated carbocycles. The van der Waals surface area contributed by atoms with Gasteiger partial charge in [0.1, 0.15) is 5.75 Å². The van der Waals surface area contributed by atoms with Gasteiger partial charge in [-0.2, -0.15) is 4.99 Å². The fourth-order valence-corrected chi connectivity index (χ4v) is 3.74. The predicted molar refractivity (Wildman–Crippen MR) is 109 cm³/mol. The second-order valence-corrected chi connectivity index (χ2v) is 6.77. The zero-order chi connectivity index (χ0) is 19.1. The fourth-order valence-electron chi connectivity index (χ4n) is 2.65. The van der Waals surface area contributed by atoms with Crippen molar-refractivity contribution in [3.8, 4) is 5.75 Å². The van der Waals surface area contributed by atoms with E-state index in [2.05, 4.69) is 4.99 Å². The van der Waals surface area contributed by atoms with Gasteiger partial charge in [0, 0.05) is 19.2 Å². The minimum Gasteiger partial charge on any atom is -0.497 e. The van der Waals surface area contributed by atoms with Gasteiger partial charge in [-0.3, -0.25) is 4.79 Å². The van der Waals surface area contributed by atoms with Crippen molar-refractivity contribution in [3.63, 3.8) is 0 Å². The van der Waals surface area contributed by atoms with Crippen molar-refractivity contribution < 1.29 is 14.3 Å². The lowest BCUT2D eigenvalue weighted by molar-refractivity contribution is -0.113. The van der Waals surface area contributed by atoms with Crippen molar-refractivity contribution >= 4 is 33.5 Å². The number of benzene rings is 2. The van der Waals surface area contributed by atoms with Gasteiger partial charge in [-0.25, -0.2) is 0 Å². The van der Waals surface area contributed by atoms with Gasteiger partial charge in [-0.1, -0.05) is 41.7 Å². The van der Waals surface area contributed by atoms with E-state index in [4.69, 9.17) is 9.47 Å². The van der Waals surface area contributed by atoms with Gasteiger partial charge in [0.25, 0.3) is 5.91 Å². The summed E-state index contributed by atoms with van der Waals surface area (Å²) in [6.07, 6.45) is 3.26. The van der Waals surface area contributed by atoms with Crippen LogP contribution < -0.4 is 9.54 Å². The third kappa shape index (κ3) is 4.93. The van der Waals surface area contributed by atoms with Crippen molar-refractivity contribution in [2.24, 2.45) is 4.99 Å². The SMILES string of the molecule is CCOCCn1c(=NC(=O)C=Cc2ccccc2)sc2cc(OC)ccc21. The van der Waals surface area contributed by atoms with Crippen LogP contribution in [0.4, 0.5) is 0 Å². The summed E-state index contributed by atoms with van der Waals surface area (Å²) in [5, 5.41) is 0. The smallest absolute Gasteiger partial charge is 0.272 e. The molecule has 0 saturated heterocycles. The van der Waals surface area contributed by atoms with Gasteiger partial charge < -0.3 is 14.0 Å². The molecule has 0 spiro atoms. The molecule has 0 aliphatic rings. The first-order valence-corrected chi connectivity index (χ1v) is 9.60. The summed E-state index contributed by atoms with van der Waals surface area (Å²) in [5.41, 5.74) is 1.98. The first-order valence-electron chi connectivity index (χ1n) is 8.78. The van der Waals surface area contributed by atoms with Gasteiger partial charge in [-0.15, -0.1) is 0 Å². The Labute approximate surface area is 162 Å². The van der Waals surface area contributed by atoms with Crippen LogP contribution in [0, 0.1) is 0 Å². The maximum Gasteiger partial charge on any atom is 0.272 e. The van der Waals surface area contributed by atoms with E-state index in [1.165, 1.54) is 17.4 Å². The number of amides is 1. The zero-order valence-corrected chi connectivity index (χ0v) is 16.2. The maximum absolute atomic E-state index is 12.4. The normalized spacial score (nSPS) is 12.1. The van der Waals surface area contributed by atoms with Gasteiger partial charge in [0.05, 0.1) is 23.9 Å². The Hall–Kier alpha value is -2.70. The highest BCUT2D eigenvalue weighted by Crippen LogP contribution is 2.23. The van der Waals surface area contributed by atoms with Crippen LogP contribution in [0.5, 0.6) is 5.75 Å². The molecule has 5 nitrogen and oxygen atoms in total. The molecular formula is C21H22N2O3S. The van der Waals surface area contributed by atoms with Crippen molar-refractivity contribution in [1.82, 2.24) is 4.57 Å². The first kappa shape index (κ1) is 19.1. The predicted octanol–water partition coefficient (Wildman–Crippen LogP) is 3.89. The molecule has 27 heavy (non-hydrogen) atoms. The summed E-state index contributed by atoms with van der Waals surface area (Å²) >= 11 is 1.47. The molecule has 2 aromatic carbocycles. The standard InChI is InChI=1S/C21H22N2O3S/c1-3-26-14-13-23-18-11-10-17(25-2)15-19(18)27-21(23)22-20(24)12-9-16-7-5-4-6-8-16/h4-12,15H,3,13-14H2,1-2H3. The fraction of sp³-hybridized carbons (Fsp3) is 0.238. The van der Waals surface area contributed by atoms with Gasteiger partial charge in [-0.05, 0) is 36.8 Å². The Morgan fingerprint density at radius 1 is 1.22 bits per heavy atom. The van der Waals surface area contributed by atoms with Crippen molar-refractivity contribution in [2.75, 3.05) is 20.3 Å². The molecule has 0 N–H and O–H groups in total. The molecular weight excluding hydrogens is 360 g/mol. The quantitative estimate of drug-likeness (QED) is 0.460. The monoisotopic (exact) mass is 382 g/mol. The van der Waals surface area contributed by atoms with E-state index >= 15 is 0 Å². The molecule has 0 bridgehead atoms. The molecule has 3 aromatic rings. The molecule has 0 radical (unpaired) electrons. The topological polar surface area (TPSA) is 52.8 Å². The van der Waals surface area contributed by atoms with Crippen LogP contribution in [0.1, 0.15) is 12.5 Å². The van der Waals surface area contributed by atoms with E-state index in [1.54, 1.807) is 13.2 Å². The molecule has 1 heterocycles. The van der Waals surface area contributed by atoms with Crippen LogP contribution in [0.15, 0.2) is 59.6 Å². The molecule has 0 fully saturated rings. The molecule has 1 aromatic heterocycles. The van der Waals surface area contributed by atoms with E-state index in [0.29, 0.717) is 24.6 Å². The number of thiazole rings is 1. The molecule has 3 rings (SSSR count). The zero-order valence-electron chi connectivity index (χ0n) is 15.4. The van der Waals surface area contributed by atoms with E-state index < -0.39 is 0 Å². The number of aromatic nitrogens is 1. The third-order valence-electron chi connectivity index (χ3n) is 3.98. The summed E-state index contributed by atoms with van der Waals surface area (Å²) in [4.78, 5) is 17.3. The van der Waals surface area contributed by atoms with Crippen LogP contribution in [0.3, 0.4) is 0 Å². The molecule has 140 valence electrons. The Morgan fingerprint density at radius 3 is 2.78 bits per heavy atom. The number of fused-ring (bicyclic) bond motifs is 1. The Morgan fingerprint density at radius 2 is 2.04 bits per heavy atom. The average Bonchev–Trinajstić information content (AvgIpc) is 3.03. The average molecular weight is 382 g/mol. The van der Waals surface area contributed by atoms with Crippen molar-refractivity contribution in [3.05, 3.63) is 65.0 Å². The maximum atomic E-state index is 12.4. The van der Waals surface area contributed by atoms with Crippen molar-refractivity contribution in [2.45, 2.75) is 13.5 Å². The molecule has 0 aliphatic heterocycles. The summed E-state index contributed by atoms with van der Waals surface area (Å²) in [5.74, 6) is 0.491. The number of nitrogens with zero attached hydrogens (tertiary/aromatic N) is 2. The summed E-state index contributed by atoms with van der Waals surface area (Å²) in [6, 6.07) is 15.5. The van der Waals surface area contributed by atoms with E-state index in [1.807, 2.05) is 60.0 Å². The number of rotatable bonds is 7. The highest BCUT2D eigenvalue weighted by molar-refractivity contribution is 7.16. The van der Waals surface area contributed by atoms with Crippen LogP contribution in [-0.4, -0.2) is 30.8 Å². The van der Waals surface area contributed by atoms with E-state index in [0.717, 1.165) is 21.5 Å². The highest BCUT2D eigenvalue weighted by Gasteiger charge is 2.08. The van der Waals surface area contributed by atoms with E-state index in [9.17, 15) is 4.79 Å². The van der Waals surface area contributed by atoms with Crippen molar-refractivity contribution in [1.29, 1.82) is 0 Å². The largest absolute Gasteiger partial charge is 0.497 e. The van der Waals surface area contributed by atoms with Gasteiger partial charge >= 0.3 is 0 Å². The summed E-state index contributed by atoms with van der Waals surface area (Å²) in [7, 11) is 1.64. The van der Waals surface area contributed by atoms with Crippen LogP contribution in [-0.2, 0) is 16.1 Å². The lowest BCUT2D eigenvalue weighted by Crippen LogP contribution is -2.19. The van der Waals surface area contributed by atoms with Crippen LogP contribution in [0.2, 0.25) is 0 Å².